The lowest BCUT2D eigenvalue weighted by Gasteiger charge is -2.27. The highest BCUT2D eigenvalue weighted by Crippen LogP contribution is 2.22. The van der Waals surface area contributed by atoms with E-state index < -0.39 is 36.7 Å². The van der Waals surface area contributed by atoms with Crippen molar-refractivity contribution in [2.45, 2.75) is 71.0 Å². The Labute approximate surface area is 257 Å². The van der Waals surface area contributed by atoms with Gasteiger partial charge in [-0.25, -0.2) is 14.6 Å². The van der Waals surface area contributed by atoms with Gasteiger partial charge in [0.15, 0.2) is 12.2 Å². The standard InChI is InChI=1S/C32H43N3O7S/c1-22-11-12-24(18-23(22)2)10-6-4-9-17-41-29(30(32(39)40)42-20-28(36)37)31(38)35(3)16-8-5-7-15-33-25-13-14-26-27(19-25)43-21-34-26/h11-14,18-19,21,29-30,33H,4-10,15-17,20H2,1-3H3,(H,36,37)(H,39,40). The maximum Gasteiger partial charge on any atom is 0.336 e. The number of carbonyl (C=O) groups is 3. The topological polar surface area (TPSA) is 138 Å². The molecule has 2 unspecified atom stereocenters. The van der Waals surface area contributed by atoms with E-state index in [0.29, 0.717) is 13.0 Å². The molecule has 2 atom stereocenters. The van der Waals surface area contributed by atoms with Gasteiger partial charge in [-0.2, -0.15) is 0 Å². The molecule has 234 valence electrons. The number of anilines is 1. The fraction of sp³-hybridized carbons (Fsp3) is 0.500. The first-order valence-corrected chi connectivity index (χ1v) is 15.6. The molecule has 0 aliphatic rings. The molecule has 0 spiro atoms. The third-order valence-electron chi connectivity index (χ3n) is 7.33. The number of benzene rings is 2. The van der Waals surface area contributed by atoms with Gasteiger partial charge in [-0.15, -0.1) is 11.3 Å². The highest BCUT2D eigenvalue weighted by molar-refractivity contribution is 7.16. The van der Waals surface area contributed by atoms with Gasteiger partial charge in [-0.3, -0.25) is 4.79 Å². The zero-order chi connectivity index (χ0) is 31.2. The van der Waals surface area contributed by atoms with Crippen molar-refractivity contribution in [1.29, 1.82) is 0 Å². The number of aliphatic carboxylic acids is 2. The molecule has 0 fully saturated rings. The number of likely N-dealkylation sites (N-methyl/N-ethyl adjacent to an activating group) is 1. The molecule has 0 aliphatic carbocycles. The fourth-order valence-electron chi connectivity index (χ4n) is 4.69. The van der Waals surface area contributed by atoms with Gasteiger partial charge < -0.3 is 29.9 Å². The smallest absolute Gasteiger partial charge is 0.336 e. The molecule has 0 aliphatic heterocycles. The van der Waals surface area contributed by atoms with Crippen molar-refractivity contribution < 1.29 is 34.1 Å². The Kier molecular flexibility index (Phi) is 13.9. The Balaban J connectivity index is 1.44. The second kappa shape index (κ2) is 17.5. The second-order valence-electron chi connectivity index (χ2n) is 10.8. The van der Waals surface area contributed by atoms with Gasteiger partial charge in [0.25, 0.3) is 5.91 Å². The molecule has 0 saturated heterocycles. The van der Waals surface area contributed by atoms with Crippen molar-refractivity contribution in [3.63, 3.8) is 0 Å². The quantitative estimate of drug-likeness (QED) is 0.145. The maximum absolute atomic E-state index is 13.3. The van der Waals surface area contributed by atoms with Crippen LogP contribution in [0.2, 0.25) is 0 Å². The number of aromatic nitrogens is 1. The van der Waals surface area contributed by atoms with E-state index in [1.54, 1.807) is 18.4 Å². The first-order valence-electron chi connectivity index (χ1n) is 14.7. The number of fused-ring (bicyclic) bond motifs is 1. The lowest BCUT2D eigenvalue weighted by molar-refractivity contribution is -0.175. The number of nitrogens with one attached hydrogen (secondary N) is 1. The average Bonchev–Trinajstić information content (AvgIpc) is 3.44. The molecular formula is C32H43N3O7S. The Morgan fingerprint density at radius 1 is 0.930 bits per heavy atom. The van der Waals surface area contributed by atoms with Crippen LogP contribution in [-0.2, 0) is 30.3 Å². The van der Waals surface area contributed by atoms with E-state index >= 15 is 0 Å². The number of unbranched alkanes of at least 4 members (excludes halogenated alkanes) is 4. The van der Waals surface area contributed by atoms with Crippen LogP contribution in [0.5, 0.6) is 0 Å². The summed E-state index contributed by atoms with van der Waals surface area (Å²) < 4.78 is 12.0. The van der Waals surface area contributed by atoms with E-state index in [9.17, 15) is 19.5 Å². The molecule has 1 aromatic heterocycles. The number of hydrogen-bond acceptors (Lipinski definition) is 8. The number of hydrogen-bond donors (Lipinski definition) is 3. The van der Waals surface area contributed by atoms with Crippen LogP contribution in [0.3, 0.4) is 0 Å². The molecule has 3 N–H and O–H groups in total. The van der Waals surface area contributed by atoms with Crippen molar-refractivity contribution in [1.82, 2.24) is 9.88 Å². The number of carboxylic acid groups (broad SMARTS) is 2. The SMILES string of the molecule is Cc1ccc(CCCCCOC(C(=O)N(C)CCCCCNc2ccc3ncsc3c2)C(OCC(=O)O)C(=O)O)cc1C. The zero-order valence-electron chi connectivity index (χ0n) is 25.2. The van der Waals surface area contributed by atoms with E-state index in [-0.39, 0.29) is 6.61 Å². The fourth-order valence-corrected chi connectivity index (χ4v) is 5.41. The molecule has 3 rings (SSSR count). The molecule has 10 nitrogen and oxygen atoms in total. The Hall–Kier alpha value is -3.54. The van der Waals surface area contributed by atoms with Gasteiger partial charge >= 0.3 is 11.9 Å². The summed E-state index contributed by atoms with van der Waals surface area (Å²) >= 11 is 1.60. The highest BCUT2D eigenvalue weighted by Gasteiger charge is 2.37. The minimum Gasteiger partial charge on any atom is -0.480 e. The first kappa shape index (κ1) is 34.0. The van der Waals surface area contributed by atoms with Crippen LogP contribution < -0.4 is 5.32 Å². The van der Waals surface area contributed by atoms with Crippen molar-refractivity contribution >= 4 is 45.1 Å². The summed E-state index contributed by atoms with van der Waals surface area (Å²) in [5.41, 5.74) is 7.63. The summed E-state index contributed by atoms with van der Waals surface area (Å²) in [7, 11) is 1.60. The highest BCUT2D eigenvalue weighted by atomic mass is 32.1. The zero-order valence-corrected chi connectivity index (χ0v) is 26.0. The van der Waals surface area contributed by atoms with Crippen LogP contribution in [0, 0.1) is 13.8 Å². The van der Waals surface area contributed by atoms with Crippen molar-refractivity contribution in [3.8, 4) is 0 Å². The van der Waals surface area contributed by atoms with Crippen LogP contribution in [0.1, 0.15) is 55.2 Å². The maximum atomic E-state index is 13.3. The predicted molar refractivity (Wildman–Crippen MR) is 168 cm³/mol. The van der Waals surface area contributed by atoms with E-state index in [4.69, 9.17) is 14.6 Å². The number of nitrogens with zero attached hydrogens (tertiary/aromatic N) is 2. The van der Waals surface area contributed by atoms with Crippen molar-refractivity contribution in [3.05, 3.63) is 58.6 Å². The number of amides is 1. The molecule has 1 amide bonds. The molecule has 0 saturated carbocycles. The number of thiazole rings is 1. The molecular weight excluding hydrogens is 570 g/mol. The summed E-state index contributed by atoms with van der Waals surface area (Å²) in [6.07, 6.45) is 2.63. The lowest BCUT2D eigenvalue weighted by Crippen LogP contribution is -2.50. The molecule has 11 heteroatoms. The predicted octanol–water partition coefficient (Wildman–Crippen LogP) is 5.31. The number of aryl methyl sites for hydroxylation is 3. The summed E-state index contributed by atoms with van der Waals surface area (Å²) in [5.74, 6) is -3.30. The molecule has 0 bridgehead atoms. The van der Waals surface area contributed by atoms with Gasteiger partial charge in [-0.1, -0.05) is 24.6 Å². The van der Waals surface area contributed by atoms with E-state index in [1.807, 2.05) is 17.6 Å². The minimum atomic E-state index is -1.72. The monoisotopic (exact) mass is 613 g/mol. The van der Waals surface area contributed by atoms with Gasteiger partial charge in [0.1, 0.15) is 6.61 Å². The lowest BCUT2D eigenvalue weighted by atomic mass is 10.0. The number of ether oxygens (including phenoxy) is 2. The number of carbonyl (C=O) groups excluding carboxylic acids is 1. The van der Waals surface area contributed by atoms with Gasteiger partial charge in [0, 0.05) is 32.4 Å². The van der Waals surface area contributed by atoms with Crippen LogP contribution >= 0.6 is 11.3 Å². The van der Waals surface area contributed by atoms with Crippen LogP contribution in [0.15, 0.2) is 41.9 Å². The largest absolute Gasteiger partial charge is 0.480 e. The third kappa shape index (κ3) is 11.2. The van der Waals surface area contributed by atoms with E-state index in [1.165, 1.54) is 21.6 Å². The Morgan fingerprint density at radius 3 is 2.47 bits per heavy atom. The minimum absolute atomic E-state index is 0.163. The van der Waals surface area contributed by atoms with Gasteiger partial charge in [0.05, 0.1) is 15.7 Å². The van der Waals surface area contributed by atoms with Gasteiger partial charge in [-0.05, 0) is 87.3 Å². The number of rotatable bonds is 20. The first-order chi connectivity index (χ1) is 20.7. The Morgan fingerprint density at radius 2 is 1.72 bits per heavy atom. The molecule has 2 aromatic carbocycles. The second-order valence-corrected chi connectivity index (χ2v) is 11.7. The van der Waals surface area contributed by atoms with Crippen LogP contribution in [0.25, 0.3) is 10.2 Å². The molecule has 1 heterocycles. The van der Waals surface area contributed by atoms with Crippen LogP contribution in [0.4, 0.5) is 5.69 Å². The van der Waals surface area contributed by atoms with E-state index in [0.717, 1.165) is 61.0 Å². The van der Waals surface area contributed by atoms with Crippen molar-refractivity contribution in [2.24, 2.45) is 0 Å². The molecule has 0 radical (unpaired) electrons. The van der Waals surface area contributed by atoms with Gasteiger partial charge in [0.2, 0.25) is 0 Å². The number of carboxylic acids is 2. The third-order valence-corrected chi connectivity index (χ3v) is 8.13. The average molecular weight is 614 g/mol. The summed E-state index contributed by atoms with van der Waals surface area (Å²) in [6.45, 7) is 4.69. The van der Waals surface area contributed by atoms with Crippen LogP contribution in [-0.4, -0.2) is 83.5 Å². The summed E-state index contributed by atoms with van der Waals surface area (Å²) in [5, 5.41) is 22.1. The molecule has 3 aromatic rings. The Bertz CT molecular complexity index is 1350. The summed E-state index contributed by atoms with van der Waals surface area (Å²) in [4.78, 5) is 42.0. The summed E-state index contributed by atoms with van der Waals surface area (Å²) in [6, 6.07) is 12.5. The van der Waals surface area contributed by atoms with E-state index in [2.05, 4.69) is 48.4 Å². The van der Waals surface area contributed by atoms with Crippen molar-refractivity contribution in [2.75, 3.05) is 38.7 Å². The molecule has 43 heavy (non-hydrogen) atoms. The normalized spacial score (nSPS) is 12.6.